The van der Waals surface area contributed by atoms with Gasteiger partial charge in [0.15, 0.2) is 0 Å². The third-order valence-corrected chi connectivity index (χ3v) is 5.63. The van der Waals surface area contributed by atoms with Crippen molar-refractivity contribution in [1.82, 2.24) is 25.5 Å². The summed E-state index contributed by atoms with van der Waals surface area (Å²) in [4.78, 5) is 35.9. The van der Waals surface area contributed by atoms with E-state index in [1.165, 1.54) is 4.90 Å². The molecular formula is C21H20N6O2. The molecule has 1 aliphatic heterocycles. The van der Waals surface area contributed by atoms with Gasteiger partial charge in [0.25, 0.3) is 11.8 Å². The van der Waals surface area contributed by atoms with Gasteiger partial charge in [0.05, 0.1) is 0 Å². The number of carbonyl (C=O) groups is 2. The van der Waals surface area contributed by atoms with Crippen LogP contribution in [0, 0.1) is 5.92 Å². The molecule has 0 saturated heterocycles. The van der Waals surface area contributed by atoms with Gasteiger partial charge in [-0.05, 0) is 35.4 Å². The molecule has 2 unspecified atom stereocenters. The number of hydrogen-bond donors (Lipinski definition) is 2. The first-order chi connectivity index (χ1) is 14.1. The molecule has 3 atom stereocenters. The fraction of sp³-hybridized carbons (Fsp3) is 0.286. The lowest BCUT2D eigenvalue weighted by Gasteiger charge is -2.22. The Balaban J connectivity index is 1.32. The van der Waals surface area contributed by atoms with E-state index in [-0.39, 0.29) is 23.6 Å². The van der Waals surface area contributed by atoms with Crippen LogP contribution in [0.1, 0.15) is 39.9 Å². The third kappa shape index (κ3) is 3.16. The van der Waals surface area contributed by atoms with Crippen LogP contribution >= 0.6 is 0 Å². The van der Waals surface area contributed by atoms with Crippen LogP contribution in [-0.4, -0.2) is 45.1 Å². The molecule has 2 aromatic heterocycles. The van der Waals surface area contributed by atoms with E-state index in [2.05, 4.69) is 25.5 Å². The largest absolute Gasteiger partial charge is 0.337 e. The van der Waals surface area contributed by atoms with Crippen LogP contribution in [0.15, 0.2) is 48.7 Å². The van der Waals surface area contributed by atoms with Crippen molar-refractivity contribution >= 4 is 17.6 Å². The highest BCUT2D eigenvalue weighted by Crippen LogP contribution is 2.53. The summed E-state index contributed by atoms with van der Waals surface area (Å²) in [6, 6.07) is 13.1. The van der Waals surface area contributed by atoms with Gasteiger partial charge in [-0.1, -0.05) is 36.4 Å². The van der Waals surface area contributed by atoms with Crippen LogP contribution in [0.3, 0.4) is 0 Å². The maximum Gasteiger partial charge on any atom is 0.291 e. The topological polar surface area (TPSA) is 104 Å². The van der Waals surface area contributed by atoms with Crippen molar-refractivity contribution in [2.45, 2.75) is 24.8 Å². The standard InChI is InChI=1S/C21H20N6O2/c1-27-19-13(8-5-9-22-19)14-11-15(14)17(21(27)29)24-20(28)18-23-16(25-26-18)10-12-6-3-2-4-7-12/h2-9,14-15,17H,10-11H2,1H3,(H,24,28)(H,23,25,26)/t14-,15?,17?/m0/s1. The SMILES string of the molecule is CN1C(=O)C(NC(=O)c2n[nH]c(Cc3ccccc3)n2)C2C[C@H]2c2cccnc21. The number of carbonyl (C=O) groups excluding carboxylic acids is 2. The van der Waals surface area contributed by atoms with Gasteiger partial charge in [-0.25, -0.2) is 9.97 Å². The van der Waals surface area contributed by atoms with Crippen molar-refractivity contribution in [3.63, 3.8) is 0 Å². The number of aromatic nitrogens is 4. The number of H-pyrrole nitrogens is 1. The second-order valence-electron chi connectivity index (χ2n) is 7.54. The van der Waals surface area contributed by atoms with Gasteiger partial charge in [-0.2, -0.15) is 0 Å². The van der Waals surface area contributed by atoms with E-state index in [1.54, 1.807) is 13.2 Å². The minimum absolute atomic E-state index is 0.0449. The number of amides is 2. The molecule has 8 heteroatoms. The van der Waals surface area contributed by atoms with Crippen molar-refractivity contribution < 1.29 is 9.59 Å². The van der Waals surface area contributed by atoms with Gasteiger partial charge >= 0.3 is 0 Å². The van der Waals surface area contributed by atoms with Gasteiger partial charge in [-0.15, -0.1) is 5.10 Å². The zero-order valence-electron chi connectivity index (χ0n) is 15.9. The van der Waals surface area contributed by atoms with E-state index in [0.717, 1.165) is 17.5 Å². The summed E-state index contributed by atoms with van der Waals surface area (Å²) in [5, 5.41) is 9.71. The van der Waals surface area contributed by atoms with E-state index >= 15 is 0 Å². The fourth-order valence-electron chi connectivity index (χ4n) is 4.06. The van der Waals surface area contributed by atoms with E-state index in [1.807, 2.05) is 42.5 Å². The number of anilines is 1. The summed E-state index contributed by atoms with van der Waals surface area (Å²) in [6.07, 6.45) is 3.09. The highest BCUT2D eigenvalue weighted by atomic mass is 16.2. The number of nitrogens with zero attached hydrogens (tertiary/aromatic N) is 4. The van der Waals surface area contributed by atoms with Crippen molar-refractivity contribution in [1.29, 1.82) is 0 Å². The monoisotopic (exact) mass is 388 g/mol. The molecule has 2 aliphatic rings. The number of aromatic amines is 1. The van der Waals surface area contributed by atoms with Crippen LogP contribution in [0.5, 0.6) is 0 Å². The molecular weight excluding hydrogens is 368 g/mol. The fourth-order valence-corrected chi connectivity index (χ4v) is 4.06. The summed E-state index contributed by atoms with van der Waals surface area (Å²) < 4.78 is 0. The molecule has 29 heavy (non-hydrogen) atoms. The smallest absolute Gasteiger partial charge is 0.291 e. The Labute approximate surface area is 167 Å². The first kappa shape index (κ1) is 17.5. The summed E-state index contributed by atoms with van der Waals surface area (Å²) in [7, 11) is 1.70. The average molecular weight is 388 g/mol. The highest BCUT2D eigenvalue weighted by Gasteiger charge is 2.52. The molecule has 2 amide bonds. The lowest BCUT2D eigenvalue weighted by Crippen LogP contribution is -2.48. The Morgan fingerprint density at radius 2 is 2.07 bits per heavy atom. The molecule has 1 saturated carbocycles. The number of hydrogen-bond acceptors (Lipinski definition) is 5. The average Bonchev–Trinajstić information content (AvgIpc) is 3.41. The molecule has 8 nitrogen and oxygen atoms in total. The molecule has 146 valence electrons. The lowest BCUT2D eigenvalue weighted by atomic mass is 10.1. The van der Waals surface area contributed by atoms with Crippen LogP contribution < -0.4 is 10.2 Å². The molecule has 5 rings (SSSR count). The van der Waals surface area contributed by atoms with E-state index in [9.17, 15) is 9.59 Å². The Hall–Kier alpha value is -3.55. The predicted octanol–water partition coefficient (Wildman–Crippen LogP) is 1.67. The quantitative estimate of drug-likeness (QED) is 0.708. The Bertz CT molecular complexity index is 1080. The molecule has 1 fully saturated rings. The highest BCUT2D eigenvalue weighted by molar-refractivity contribution is 6.02. The molecule has 2 N–H and O–H groups in total. The molecule has 1 aliphatic carbocycles. The molecule has 3 aromatic rings. The molecule has 3 heterocycles. The van der Waals surface area contributed by atoms with E-state index in [0.29, 0.717) is 18.1 Å². The van der Waals surface area contributed by atoms with E-state index < -0.39 is 11.9 Å². The first-order valence-electron chi connectivity index (χ1n) is 9.60. The number of benzene rings is 1. The minimum atomic E-state index is -0.609. The summed E-state index contributed by atoms with van der Waals surface area (Å²) in [5.74, 6) is 1.01. The first-order valence-corrected chi connectivity index (χ1v) is 9.60. The number of nitrogens with one attached hydrogen (secondary N) is 2. The third-order valence-electron chi connectivity index (χ3n) is 5.63. The zero-order chi connectivity index (χ0) is 20.0. The van der Waals surface area contributed by atoms with Gasteiger partial charge < -0.3 is 5.32 Å². The van der Waals surface area contributed by atoms with Crippen molar-refractivity contribution in [2.24, 2.45) is 5.92 Å². The molecule has 1 aromatic carbocycles. The van der Waals surface area contributed by atoms with Crippen LogP contribution in [0.2, 0.25) is 0 Å². The molecule has 0 spiro atoms. The van der Waals surface area contributed by atoms with Crippen LogP contribution in [-0.2, 0) is 11.2 Å². The summed E-state index contributed by atoms with van der Waals surface area (Å²) >= 11 is 0. The van der Waals surface area contributed by atoms with Crippen molar-refractivity contribution in [3.05, 3.63) is 71.4 Å². The van der Waals surface area contributed by atoms with Gasteiger partial charge in [0.2, 0.25) is 5.82 Å². The van der Waals surface area contributed by atoms with Crippen molar-refractivity contribution in [3.8, 4) is 0 Å². The zero-order valence-corrected chi connectivity index (χ0v) is 15.9. The number of rotatable bonds is 4. The minimum Gasteiger partial charge on any atom is -0.337 e. The number of likely N-dealkylation sites (N-methyl/N-ethyl adjacent to an activating group) is 1. The van der Waals surface area contributed by atoms with E-state index in [4.69, 9.17) is 0 Å². The second kappa shape index (κ2) is 6.80. The summed E-state index contributed by atoms with van der Waals surface area (Å²) in [6.45, 7) is 0. The van der Waals surface area contributed by atoms with Gasteiger partial charge in [0.1, 0.15) is 17.7 Å². The Morgan fingerprint density at radius 1 is 1.24 bits per heavy atom. The second-order valence-corrected chi connectivity index (χ2v) is 7.54. The summed E-state index contributed by atoms with van der Waals surface area (Å²) in [5.41, 5.74) is 2.13. The molecule has 0 bridgehead atoms. The Kier molecular flexibility index (Phi) is 4.12. The normalized spacial score (nSPS) is 22.4. The van der Waals surface area contributed by atoms with Crippen LogP contribution in [0.4, 0.5) is 5.82 Å². The number of fused-ring (bicyclic) bond motifs is 3. The maximum absolute atomic E-state index is 13.0. The molecule has 0 radical (unpaired) electrons. The van der Waals surface area contributed by atoms with Crippen molar-refractivity contribution in [2.75, 3.05) is 11.9 Å². The lowest BCUT2D eigenvalue weighted by molar-refractivity contribution is -0.120. The maximum atomic E-state index is 13.0. The predicted molar refractivity (Wildman–Crippen MR) is 105 cm³/mol. The van der Waals surface area contributed by atoms with Crippen LogP contribution in [0.25, 0.3) is 0 Å². The van der Waals surface area contributed by atoms with Gasteiger partial charge in [0, 0.05) is 19.7 Å². The number of pyridine rings is 1. The Morgan fingerprint density at radius 3 is 2.90 bits per heavy atom. The van der Waals surface area contributed by atoms with Gasteiger partial charge in [-0.3, -0.25) is 19.6 Å².